The number of rotatable bonds is 5. The first-order valence-electron chi connectivity index (χ1n) is 12.8. The highest BCUT2D eigenvalue weighted by molar-refractivity contribution is 5.78. The summed E-state index contributed by atoms with van der Waals surface area (Å²) in [5.74, 6) is 1.64. The smallest absolute Gasteiger partial charge is 0.232 e. The summed E-state index contributed by atoms with van der Waals surface area (Å²) < 4.78 is 5.97. The summed E-state index contributed by atoms with van der Waals surface area (Å²) in [5.41, 5.74) is 6.80. The van der Waals surface area contributed by atoms with E-state index in [2.05, 4.69) is 60.2 Å². The predicted octanol–water partition coefficient (Wildman–Crippen LogP) is 1.96. The molecule has 0 saturated carbocycles. The number of carbonyl (C=O) groups is 1. The second-order valence-electron chi connectivity index (χ2n) is 10.1. The third-order valence-electron chi connectivity index (χ3n) is 7.70. The van der Waals surface area contributed by atoms with E-state index in [9.17, 15) is 4.79 Å². The fraction of sp³-hybridized carbons (Fsp3) is 0.423. The molecule has 1 aliphatic heterocycles. The van der Waals surface area contributed by atoms with Crippen molar-refractivity contribution in [3.8, 4) is 0 Å². The maximum atomic E-state index is 12.8. The number of hydrogen-bond acceptors (Lipinski definition) is 9. The van der Waals surface area contributed by atoms with Crippen molar-refractivity contribution in [3.05, 3.63) is 76.0 Å². The summed E-state index contributed by atoms with van der Waals surface area (Å²) in [6, 6.07) is 8.89. The summed E-state index contributed by atoms with van der Waals surface area (Å²) in [6.07, 6.45) is 7.17. The lowest BCUT2D eigenvalue weighted by atomic mass is 9.87. The Bertz CT molecular complexity index is 1440. The molecule has 0 bridgehead atoms. The molecule has 4 heterocycles. The molecule has 3 aliphatic rings. The Morgan fingerprint density at radius 1 is 1.05 bits per heavy atom. The first kappa shape index (κ1) is 22.1. The quantitative estimate of drug-likeness (QED) is 0.424. The van der Waals surface area contributed by atoms with Crippen molar-refractivity contribution in [1.29, 1.82) is 0 Å². The van der Waals surface area contributed by atoms with Crippen molar-refractivity contribution in [2.24, 2.45) is 0 Å². The first-order chi connectivity index (χ1) is 18.2. The van der Waals surface area contributed by atoms with Gasteiger partial charge in [0.1, 0.15) is 6.42 Å². The van der Waals surface area contributed by atoms with Gasteiger partial charge in [-0.2, -0.15) is 0 Å². The second kappa shape index (κ2) is 9.06. The van der Waals surface area contributed by atoms with Crippen LogP contribution in [-0.2, 0) is 49.9 Å². The number of carbonyl (C=O) groups excluding carboxylic acids is 1. The lowest BCUT2D eigenvalue weighted by Gasteiger charge is -2.25. The monoisotopic (exact) mass is 497 g/mol. The minimum Gasteiger partial charge on any atom is -0.424 e. The van der Waals surface area contributed by atoms with Crippen LogP contribution in [0.2, 0.25) is 0 Å². The number of nitrogens with zero attached hydrogens (tertiary/aromatic N) is 7. The Kier molecular flexibility index (Phi) is 5.40. The van der Waals surface area contributed by atoms with E-state index in [0.717, 1.165) is 42.8 Å². The molecule has 1 amide bonds. The number of aryl methyl sites for hydroxylation is 1. The van der Waals surface area contributed by atoms with Crippen LogP contribution in [0.15, 0.2) is 34.9 Å². The van der Waals surface area contributed by atoms with Crippen LogP contribution in [0.1, 0.15) is 57.9 Å². The minimum absolute atomic E-state index is 0.0399. The van der Waals surface area contributed by atoms with Gasteiger partial charge in [-0.3, -0.25) is 9.89 Å². The van der Waals surface area contributed by atoms with Crippen LogP contribution in [0.4, 0.5) is 5.95 Å². The largest absolute Gasteiger partial charge is 0.424 e. The average molecular weight is 498 g/mol. The fourth-order valence-corrected chi connectivity index (χ4v) is 5.68. The zero-order valence-corrected chi connectivity index (χ0v) is 20.4. The fourth-order valence-electron chi connectivity index (χ4n) is 5.68. The van der Waals surface area contributed by atoms with Crippen LogP contribution in [0.5, 0.6) is 0 Å². The standard InChI is InChI=1S/C26H27N9O2/c36-24(35-8-7-20-22(14-35)31-34-30-20)12-23-32-33-25(37-23)17-5-6-18-13-27-26(29-21(18)11-17)28-19-9-15-3-1-2-4-16(15)10-19/h1-4,13,17,19H,5-12,14H2,(H,27,28,29)(H,30,31,34)/t17-/m0/s1. The van der Waals surface area contributed by atoms with Crippen molar-refractivity contribution in [2.45, 2.75) is 63.5 Å². The number of benzene rings is 1. The summed E-state index contributed by atoms with van der Waals surface area (Å²) in [5, 5.41) is 22.7. The highest BCUT2D eigenvalue weighted by Crippen LogP contribution is 2.32. The van der Waals surface area contributed by atoms with Gasteiger partial charge in [0, 0.05) is 43.2 Å². The molecule has 0 radical (unpaired) electrons. The number of nitrogens with one attached hydrogen (secondary N) is 2. The molecule has 2 N–H and O–H groups in total. The summed E-state index contributed by atoms with van der Waals surface area (Å²) in [6.45, 7) is 1.09. The van der Waals surface area contributed by atoms with Crippen LogP contribution < -0.4 is 5.32 Å². The zero-order valence-electron chi connectivity index (χ0n) is 20.4. The highest BCUT2D eigenvalue weighted by Gasteiger charge is 2.29. The summed E-state index contributed by atoms with van der Waals surface area (Å²) in [4.78, 5) is 24.0. The van der Waals surface area contributed by atoms with Gasteiger partial charge in [-0.05, 0) is 42.4 Å². The SMILES string of the molecule is O=C(Cc1nnc([C@H]2CCc3cnc(NC4Cc5ccccc5C4)nc3C2)o1)N1CCc2nn[nH]c2C1. The maximum absolute atomic E-state index is 12.8. The Hall–Kier alpha value is -4.15. The Balaban J connectivity index is 0.991. The number of H-pyrrole nitrogens is 1. The molecular formula is C26H27N9O2. The van der Waals surface area contributed by atoms with Gasteiger partial charge in [-0.15, -0.1) is 15.3 Å². The molecule has 0 spiro atoms. The molecule has 0 fully saturated rings. The van der Waals surface area contributed by atoms with Crippen molar-refractivity contribution >= 4 is 11.9 Å². The molecule has 188 valence electrons. The van der Waals surface area contributed by atoms with E-state index in [0.29, 0.717) is 49.7 Å². The van der Waals surface area contributed by atoms with E-state index < -0.39 is 0 Å². The Morgan fingerprint density at radius 2 is 1.92 bits per heavy atom. The molecule has 2 aliphatic carbocycles. The van der Waals surface area contributed by atoms with Crippen molar-refractivity contribution in [3.63, 3.8) is 0 Å². The highest BCUT2D eigenvalue weighted by atomic mass is 16.4. The molecule has 4 aromatic rings. The van der Waals surface area contributed by atoms with Crippen LogP contribution >= 0.6 is 0 Å². The van der Waals surface area contributed by atoms with Gasteiger partial charge in [-0.25, -0.2) is 9.97 Å². The molecule has 3 aromatic heterocycles. The molecule has 0 unspecified atom stereocenters. The number of hydrogen-bond donors (Lipinski definition) is 2. The van der Waals surface area contributed by atoms with Crippen LogP contribution in [-0.4, -0.2) is 59.0 Å². The van der Waals surface area contributed by atoms with E-state index in [4.69, 9.17) is 9.40 Å². The van der Waals surface area contributed by atoms with Gasteiger partial charge in [0.15, 0.2) is 0 Å². The lowest BCUT2D eigenvalue weighted by Crippen LogP contribution is -2.37. The third-order valence-corrected chi connectivity index (χ3v) is 7.70. The number of aromatic nitrogens is 7. The van der Waals surface area contributed by atoms with Crippen LogP contribution in [0, 0.1) is 0 Å². The average Bonchev–Trinajstić information content (AvgIpc) is 3.67. The third kappa shape index (κ3) is 4.34. The molecule has 1 atom stereocenters. The van der Waals surface area contributed by atoms with E-state index in [1.54, 1.807) is 4.90 Å². The normalized spacial score (nSPS) is 18.8. The van der Waals surface area contributed by atoms with Crippen molar-refractivity contribution in [2.75, 3.05) is 11.9 Å². The van der Waals surface area contributed by atoms with Crippen molar-refractivity contribution < 1.29 is 9.21 Å². The van der Waals surface area contributed by atoms with E-state index >= 15 is 0 Å². The summed E-state index contributed by atoms with van der Waals surface area (Å²) in [7, 11) is 0. The predicted molar refractivity (Wildman–Crippen MR) is 132 cm³/mol. The molecule has 0 saturated heterocycles. The molecule has 37 heavy (non-hydrogen) atoms. The minimum atomic E-state index is -0.0399. The van der Waals surface area contributed by atoms with E-state index in [1.807, 2.05) is 6.20 Å². The second-order valence-corrected chi connectivity index (χ2v) is 10.1. The van der Waals surface area contributed by atoms with Gasteiger partial charge < -0.3 is 14.6 Å². The van der Waals surface area contributed by atoms with Gasteiger partial charge in [0.2, 0.25) is 23.6 Å². The number of anilines is 1. The summed E-state index contributed by atoms with van der Waals surface area (Å²) >= 11 is 0. The van der Waals surface area contributed by atoms with E-state index in [1.165, 1.54) is 16.7 Å². The lowest BCUT2D eigenvalue weighted by molar-refractivity contribution is -0.131. The van der Waals surface area contributed by atoms with Crippen molar-refractivity contribution in [1.82, 2.24) is 40.5 Å². The van der Waals surface area contributed by atoms with E-state index in [-0.39, 0.29) is 18.2 Å². The molecule has 11 nitrogen and oxygen atoms in total. The van der Waals surface area contributed by atoms with Crippen LogP contribution in [0.25, 0.3) is 0 Å². The molecular weight excluding hydrogens is 470 g/mol. The topological polar surface area (TPSA) is 139 Å². The Morgan fingerprint density at radius 3 is 2.78 bits per heavy atom. The number of amides is 1. The van der Waals surface area contributed by atoms with Gasteiger partial charge in [-0.1, -0.05) is 29.5 Å². The van der Waals surface area contributed by atoms with Gasteiger partial charge in [0.25, 0.3) is 0 Å². The van der Waals surface area contributed by atoms with Crippen LogP contribution in [0.3, 0.4) is 0 Å². The van der Waals surface area contributed by atoms with Gasteiger partial charge in [0.05, 0.1) is 17.9 Å². The number of fused-ring (bicyclic) bond motifs is 3. The number of aromatic amines is 1. The maximum Gasteiger partial charge on any atom is 0.232 e. The Labute approximate surface area is 213 Å². The molecule has 1 aromatic carbocycles. The van der Waals surface area contributed by atoms with Gasteiger partial charge >= 0.3 is 0 Å². The molecule has 7 rings (SSSR count). The zero-order chi connectivity index (χ0) is 24.8. The first-order valence-corrected chi connectivity index (χ1v) is 12.8. The molecule has 11 heteroatoms.